The molecule has 0 aliphatic heterocycles. The van der Waals surface area contributed by atoms with Gasteiger partial charge in [0.15, 0.2) is 0 Å². The topological polar surface area (TPSA) is 62.6 Å². The Morgan fingerprint density at radius 1 is 1.19 bits per heavy atom. The van der Waals surface area contributed by atoms with Crippen LogP contribution < -0.4 is 5.32 Å². The molecule has 110 valence electrons. The Morgan fingerprint density at radius 3 is 2.48 bits per heavy atom. The highest BCUT2D eigenvalue weighted by Gasteiger charge is 2.16. The number of halogens is 2. The number of hydrogen-bond acceptors (Lipinski definition) is 3. The summed E-state index contributed by atoms with van der Waals surface area (Å²) in [5.41, 5.74) is 0.932. The second-order valence-electron chi connectivity index (χ2n) is 4.46. The fourth-order valence-corrected chi connectivity index (χ4v) is 2.02. The summed E-state index contributed by atoms with van der Waals surface area (Å²) in [5.74, 6) is -0.659. The number of carbonyl (C=O) groups excluding carboxylic acids is 2. The first-order valence-electron chi connectivity index (χ1n) is 5.95. The molecule has 2 amide bonds. The number of anilines is 1. The van der Waals surface area contributed by atoms with Crippen molar-refractivity contribution in [2.24, 2.45) is 0 Å². The molecular weight excluding hydrogens is 315 g/mol. The van der Waals surface area contributed by atoms with E-state index in [9.17, 15) is 9.59 Å². The largest absolute Gasteiger partial charge is 0.452 e. The SMILES string of the molecule is CN(C)C(=O)c1ccc(Cl)c(NC(=O)c2ccoc2Cl)c1. The van der Waals surface area contributed by atoms with Gasteiger partial charge in [-0.1, -0.05) is 11.6 Å². The lowest BCUT2D eigenvalue weighted by atomic mass is 10.1. The van der Waals surface area contributed by atoms with Crippen molar-refractivity contribution in [2.45, 2.75) is 0 Å². The van der Waals surface area contributed by atoms with Crippen LogP contribution in [0.2, 0.25) is 10.2 Å². The summed E-state index contributed by atoms with van der Waals surface area (Å²) in [7, 11) is 3.28. The van der Waals surface area contributed by atoms with Crippen LogP contribution in [0.5, 0.6) is 0 Å². The van der Waals surface area contributed by atoms with Gasteiger partial charge in [-0.15, -0.1) is 0 Å². The predicted octanol–water partition coefficient (Wildman–Crippen LogP) is 3.54. The molecule has 1 aromatic heterocycles. The van der Waals surface area contributed by atoms with E-state index in [1.165, 1.54) is 23.3 Å². The van der Waals surface area contributed by atoms with E-state index in [-0.39, 0.29) is 16.7 Å². The molecule has 0 unspecified atom stereocenters. The number of hydrogen-bond donors (Lipinski definition) is 1. The molecular formula is C14H12Cl2N2O3. The van der Waals surface area contributed by atoms with Gasteiger partial charge in [-0.05, 0) is 35.9 Å². The quantitative estimate of drug-likeness (QED) is 0.938. The Hall–Kier alpha value is -1.98. The van der Waals surface area contributed by atoms with Gasteiger partial charge >= 0.3 is 0 Å². The van der Waals surface area contributed by atoms with Gasteiger partial charge in [-0.25, -0.2) is 0 Å². The summed E-state index contributed by atoms with van der Waals surface area (Å²) < 4.78 is 4.86. The van der Waals surface area contributed by atoms with Gasteiger partial charge in [0.2, 0.25) is 5.22 Å². The van der Waals surface area contributed by atoms with Crippen LogP contribution in [0.1, 0.15) is 20.7 Å². The monoisotopic (exact) mass is 326 g/mol. The number of carbonyl (C=O) groups is 2. The first kappa shape index (κ1) is 15.4. The zero-order valence-corrected chi connectivity index (χ0v) is 12.8. The lowest BCUT2D eigenvalue weighted by molar-refractivity contribution is 0.0827. The lowest BCUT2D eigenvalue weighted by Crippen LogP contribution is -2.22. The molecule has 0 fully saturated rings. The normalized spacial score (nSPS) is 10.3. The predicted molar refractivity (Wildman–Crippen MR) is 81.1 cm³/mol. The van der Waals surface area contributed by atoms with Crippen molar-refractivity contribution in [3.05, 3.63) is 51.9 Å². The van der Waals surface area contributed by atoms with Crippen LogP contribution in [0.15, 0.2) is 34.9 Å². The molecule has 7 heteroatoms. The molecule has 0 radical (unpaired) electrons. The van der Waals surface area contributed by atoms with Crippen molar-refractivity contribution in [3.8, 4) is 0 Å². The molecule has 0 saturated heterocycles. The Labute approximate surface area is 131 Å². The molecule has 1 aromatic carbocycles. The van der Waals surface area contributed by atoms with Gasteiger partial charge in [0.25, 0.3) is 11.8 Å². The van der Waals surface area contributed by atoms with E-state index in [2.05, 4.69) is 5.32 Å². The molecule has 1 heterocycles. The number of amides is 2. The number of nitrogens with zero attached hydrogens (tertiary/aromatic N) is 1. The summed E-state index contributed by atoms with van der Waals surface area (Å²) in [5, 5.41) is 2.91. The van der Waals surface area contributed by atoms with Crippen molar-refractivity contribution >= 4 is 40.7 Å². The highest BCUT2D eigenvalue weighted by atomic mass is 35.5. The third-order valence-electron chi connectivity index (χ3n) is 2.73. The molecule has 0 saturated carbocycles. The minimum atomic E-state index is -0.467. The minimum Gasteiger partial charge on any atom is -0.452 e. The molecule has 1 N–H and O–H groups in total. The lowest BCUT2D eigenvalue weighted by Gasteiger charge is -2.12. The van der Waals surface area contributed by atoms with Crippen LogP contribution in [0.25, 0.3) is 0 Å². The van der Waals surface area contributed by atoms with E-state index in [4.69, 9.17) is 27.6 Å². The van der Waals surface area contributed by atoms with Crippen LogP contribution >= 0.6 is 23.2 Å². The fourth-order valence-electron chi connectivity index (χ4n) is 1.66. The second-order valence-corrected chi connectivity index (χ2v) is 5.21. The molecule has 0 bridgehead atoms. The van der Waals surface area contributed by atoms with Gasteiger partial charge < -0.3 is 14.6 Å². The summed E-state index contributed by atoms with van der Waals surface area (Å²) in [6, 6.07) is 6.09. The maximum Gasteiger partial charge on any atom is 0.260 e. The van der Waals surface area contributed by atoms with Crippen LogP contribution in [0, 0.1) is 0 Å². The highest BCUT2D eigenvalue weighted by Crippen LogP contribution is 2.25. The molecule has 21 heavy (non-hydrogen) atoms. The van der Waals surface area contributed by atoms with E-state index in [0.29, 0.717) is 16.3 Å². The van der Waals surface area contributed by atoms with E-state index >= 15 is 0 Å². The molecule has 0 aliphatic carbocycles. The average molecular weight is 327 g/mol. The Kier molecular flexibility index (Phi) is 4.55. The molecule has 5 nitrogen and oxygen atoms in total. The summed E-state index contributed by atoms with van der Waals surface area (Å²) in [6.45, 7) is 0. The van der Waals surface area contributed by atoms with Crippen LogP contribution in [0.4, 0.5) is 5.69 Å². The van der Waals surface area contributed by atoms with Gasteiger partial charge in [0.05, 0.1) is 22.5 Å². The van der Waals surface area contributed by atoms with Gasteiger partial charge in [0, 0.05) is 19.7 Å². The van der Waals surface area contributed by atoms with E-state index in [0.717, 1.165) is 0 Å². The highest BCUT2D eigenvalue weighted by molar-refractivity contribution is 6.35. The third-order valence-corrected chi connectivity index (χ3v) is 3.35. The first-order valence-corrected chi connectivity index (χ1v) is 6.71. The number of rotatable bonds is 3. The second kappa shape index (κ2) is 6.20. The van der Waals surface area contributed by atoms with Gasteiger partial charge in [-0.2, -0.15) is 0 Å². The molecule has 0 aliphatic rings. The van der Waals surface area contributed by atoms with Gasteiger partial charge in [-0.3, -0.25) is 9.59 Å². The zero-order chi connectivity index (χ0) is 15.6. The number of nitrogens with one attached hydrogen (secondary N) is 1. The van der Waals surface area contributed by atoms with E-state index in [1.807, 2.05) is 0 Å². The summed E-state index contributed by atoms with van der Waals surface area (Å²) in [6.07, 6.45) is 1.31. The van der Waals surface area contributed by atoms with Crippen LogP contribution in [0.3, 0.4) is 0 Å². The first-order chi connectivity index (χ1) is 9.90. The molecule has 0 atom stereocenters. The van der Waals surface area contributed by atoms with Crippen LogP contribution in [-0.4, -0.2) is 30.8 Å². The van der Waals surface area contributed by atoms with Gasteiger partial charge in [0.1, 0.15) is 0 Å². The average Bonchev–Trinajstić information content (AvgIpc) is 2.86. The van der Waals surface area contributed by atoms with E-state index < -0.39 is 5.91 Å². The Bertz CT molecular complexity index is 695. The van der Waals surface area contributed by atoms with Crippen molar-refractivity contribution in [3.63, 3.8) is 0 Å². The fraction of sp³-hybridized carbons (Fsp3) is 0.143. The Balaban J connectivity index is 2.28. The number of furan rings is 1. The van der Waals surface area contributed by atoms with Crippen LogP contribution in [-0.2, 0) is 0 Å². The standard InChI is InChI=1S/C14H12Cl2N2O3/c1-18(2)14(20)8-3-4-10(15)11(7-8)17-13(19)9-5-6-21-12(9)16/h3-7H,1-2H3,(H,17,19). The molecule has 2 aromatic rings. The molecule has 0 spiro atoms. The minimum absolute atomic E-state index is 0.0101. The van der Waals surface area contributed by atoms with E-state index in [1.54, 1.807) is 26.2 Å². The van der Waals surface area contributed by atoms with Crippen molar-refractivity contribution in [1.82, 2.24) is 4.90 Å². The van der Waals surface area contributed by atoms with Crippen molar-refractivity contribution in [1.29, 1.82) is 0 Å². The smallest absolute Gasteiger partial charge is 0.260 e. The maximum atomic E-state index is 12.1. The summed E-state index contributed by atoms with van der Waals surface area (Å²) >= 11 is 11.8. The Morgan fingerprint density at radius 2 is 1.90 bits per heavy atom. The molecule has 2 rings (SSSR count). The van der Waals surface area contributed by atoms with Crippen molar-refractivity contribution < 1.29 is 14.0 Å². The zero-order valence-electron chi connectivity index (χ0n) is 11.3. The number of benzene rings is 1. The maximum absolute atomic E-state index is 12.1. The summed E-state index contributed by atoms with van der Waals surface area (Å²) in [4.78, 5) is 25.4. The third kappa shape index (κ3) is 3.37. The van der Waals surface area contributed by atoms with Crippen molar-refractivity contribution in [2.75, 3.05) is 19.4 Å².